The van der Waals surface area contributed by atoms with E-state index < -0.39 is 12.2 Å². The summed E-state index contributed by atoms with van der Waals surface area (Å²) in [5.74, 6) is 0.246. The van der Waals surface area contributed by atoms with Crippen LogP contribution in [0.25, 0.3) is 0 Å². The Morgan fingerprint density at radius 3 is 2.65 bits per heavy atom. The van der Waals surface area contributed by atoms with Crippen LogP contribution >= 0.6 is 0 Å². The number of hydrogen-bond acceptors (Lipinski definition) is 4. The van der Waals surface area contributed by atoms with E-state index in [2.05, 4.69) is 12.2 Å². The lowest BCUT2D eigenvalue weighted by Gasteiger charge is -2.14. The number of cyclic esters (lactones) is 1. The molecule has 0 aliphatic carbocycles. The van der Waals surface area contributed by atoms with Gasteiger partial charge in [-0.1, -0.05) is 31.2 Å². The first kappa shape index (κ1) is 17.8. The van der Waals surface area contributed by atoms with E-state index in [9.17, 15) is 9.59 Å². The Balaban J connectivity index is 1.59. The van der Waals surface area contributed by atoms with Gasteiger partial charge in [0.05, 0.1) is 25.8 Å². The minimum atomic E-state index is -0.397. The van der Waals surface area contributed by atoms with Gasteiger partial charge in [-0.3, -0.25) is 9.69 Å². The zero-order valence-electron chi connectivity index (χ0n) is 14.9. The third-order valence-electron chi connectivity index (χ3n) is 4.37. The predicted molar refractivity (Wildman–Crippen MR) is 98.8 cm³/mol. The molecule has 1 N–H and O–H groups in total. The van der Waals surface area contributed by atoms with Crippen molar-refractivity contribution in [2.24, 2.45) is 0 Å². The Hall–Kier alpha value is -3.02. The standard InChI is InChI=1S/C20H22N2O4/c1-3-14-8-10-15(11-9-14)22-13-16(26-20(22)24)12-21-19(23)17-6-4-5-7-18(17)25-2/h4-11,16H,3,12-13H2,1-2H3,(H,21,23). The molecule has 1 fully saturated rings. The van der Waals surface area contributed by atoms with Crippen molar-refractivity contribution in [3.63, 3.8) is 0 Å². The Morgan fingerprint density at radius 2 is 1.96 bits per heavy atom. The number of para-hydroxylation sites is 1. The van der Waals surface area contributed by atoms with Crippen LogP contribution in [-0.4, -0.2) is 38.3 Å². The van der Waals surface area contributed by atoms with E-state index in [-0.39, 0.29) is 12.5 Å². The molecule has 2 aromatic rings. The Kier molecular flexibility index (Phi) is 5.41. The van der Waals surface area contributed by atoms with Crippen LogP contribution in [-0.2, 0) is 11.2 Å². The Bertz CT molecular complexity index is 789. The largest absolute Gasteiger partial charge is 0.496 e. The maximum atomic E-state index is 12.3. The second-order valence-electron chi connectivity index (χ2n) is 6.05. The molecule has 1 heterocycles. The zero-order valence-corrected chi connectivity index (χ0v) is 14.9. The van der Waals surface area contributed by atoms with E-state index in [0.29, 0.717) is 17.9 Å². The van der Waals surface area contributed by atoms with Crippen LogP contribution in [0.1, 0.15) is 22.8 Å². The van der Waals surface area contributed by atoms with Gasteiger partial charge in [-0.25, -0.2) is 4.79 Å². The molecule has 1 aliphatic rings. The second kappa shape index (κ2) is 7.91. The molecule has 3 rings (SSSR count). The van der Waals surface area contributed by atoms with Crippen LogP contribution in [0.4, 0.5) is 10.5 Å². The van der Waals surface area contributed by atoms with Crippen LogP contribution in [0.5, 0.6) is 5.75 Å². The number of nitrogens with zero attached hydrogens (tertiary/aromatic N) is 1. The fraction of sp³-hybridized carbons (Fsp3) is 0.300. The molecular weight excluding hydrogens is 332 g/mol. The summed E-state index contributed by atoms with van der Waals surface area (Å²) in [7, 11) is 1.52. The molecule has 0 saturated carbocycles. The van der Waals surface area contributed by atoms with Gasteiger partial charge in [0.1, 0.15) is 11.9 Å². The lowest BCUT2D eigenvalue weighted by atomic mass is 10.1. The average molecular weight is 354 g/mol. The molecule has 6 nitrogen and oxygen atoms in total. The van der Waals surface area contributed by atoms with Gasteiger partial charge in [-0.05, 0) is 36.2 Å². The number of benzene rings is 2. The van der Waals surface area contributed by atoms with Crippen molar-refractivity contribution in [2.75, 3.05) is 25.1 Å². The zero-order chi connectivity index (χ0) is 18.5. The minimum Gasteiger partial charge on any atom is -0.496 e. The molecule has 2 aromatic carbocycles. The first-order valence-corrected chi connectivity index (χ1v) is 8.60. The highest BCUT2D eigenvalue weighted by atomic mass is 16.6. The number of anilines is 1. The fourth-order valence-corrected chi connectivity index (χ4v) is 2.88. The van der Waals surface area contributed by atoms with Gasteiger partial charge in [-0.2, -0.15) is 0 Å². The van der Waals surface area contributed by atoms with E-state index >= 15 is 0 Å². The highest BCUT2D eigenvalue weighted by Crippen LogP contribution is 2.22. The first-order chi connectivity index (χ1) is 12.6. The highest BCUT2D eigenvalue weighted by molar-refractivity contribution is 5.97. The maximum absolute atomic E-state index is 12.3. The van der Waals surface area contributed by atoms with E-state index in [1.807, 2.05) is 24.3 Å². The minimum absolute atomic E-state index is 0.242. The fourth-order valence-electron chi connectivity index (χ4n) is 2.88. The van der Waals surface area contributed by atoms with Crippen molar-refractivity contribution in [3.8, 4) is 5.75 Å². The van der Waals surface area contributed by atoms with Crippen LogP contribution in [0, 0.1) is 0 Å². The third kappa shape index (κ3) is 3.79. The van der Waals surface area contributed by atoms with Crippen molar-refractivity contribution in [2.45, 2.75) is 19.4 Å². The lowest BCUT2D eigenvalue weighted by molar-refractivity contribution is 0.0913. The van der Waals surface area contributed by atoms with Gasteiger partial charge in [0.25, 0.3) is 5.91 Å². The van der Waals surface area contributed by atoms with Crippen LogP contribution in [0.3, 0.4) is 0 Å². The molecule has 6 heteroatoms. The molecule has 0 radical (unpaired) electrons. The SMILES string of the molecule is CCc1ccc(N2CC(CNC(=O)c3ccccc3OC)OC2=O)cc1. The van der Waals surface area contributed by atoms with Crippen molar-refractivity contribution < 1.29 is 19.1 Å². The van der Waals surface area contributed by atoms with Gasteiger partial charge in [0, 0.05) is 5.69 Å². The first-order valence-electron chi connectivity index (χ1n) is 8.60. The van der Waals surface area contributed by atoms with Gasteiger partial charge in [-0.15, -0.1) is 0 Å². The van der Waals surface area contributed by atoms with Gasteiger partial charge < -0.3 is 14.8 Å². The maximum Gasteiger partial charge on any atom is 0.414 e. The van der Waals surface area contributed by atoms with E-state index in [0.717, 1.165) is 12.1 Å². The summed E-state index contributed by atoms with van der Waals surface area (Å²) >= 11 is 0. The molecule has 2 amide bonds. The topological polar surface area (TPSA) is 67.9 Å². The average Bonchev–Trinajstić information content (AvgIpc) is 3.06. The summed E-state index contributed by atoms with van der Waals surface area (Å²) in [4.78, 5) is 26.0. The molecule has 0 spiro atoms. The molecular formula is C20H22N2O4. The van der Waals surface area contributed by atoms with Crippen LogP contribution < -0.4 is 15.0 Å². The van der Waals surface area contributed by atoms with Gasteiger partial charge in [0.15, 0.2) is 0 Å². The predicted octanol–water partition coefficient (Wildman–Crippen LogP) is 3.01. The van der Waals surface area contributed by atoms with E-state index in [1.165, 1.54) is 12.7 Å². The number of carbonyl (C=O) groups excluding carboxylic acids is 2. The normalized spacial score (nSPS) is 16.3. The van der Waals surface area contributed by atoms with Crippen molar-refractivity contribution in [3.05, 3.63) is 59.7 Å². The molecule has 1 unspecified atom stereocenters. The molecule has 0 bridgehead atoms. The monoisotopic (exact) mass is 354 g/mol. The number of amides is 2. The summed E-state index contributed by atoms with van der Waals surface area (Å²) in [5, 5.41) is 2.80. The Morgan fingerprint density at radius 1 is 1.23 bits per heavy atom. The molecule has 1 aliphatic heterocycles. The Labute approximate surface area is 152 Å². The number of rotatable bonds is 6. The molecule has 0 aromatic heterocycles. The summed E-state index contributed by atoms with van der Waals surface area (Å²) in [5.41, 5.74) is 2.46. The number of hydrogen-bond donors (Lipinski definition) is 1. The van der Waals surface area contributed by atoms with E-state index in [1.54, 1.807) is 29.2 Å². The number of carbonyl (C=O) groups is 2. The summed E-state index contributed by atoms with van der Waals surface area (Å²) in [6.45, 7) is 2.72. The quantitative estimate of drug-likeness (QED) is 0.866. The summed E-state index contributed by atoms with van der Waals surface area (Å²) in [6, 6.07) is 14.8. The molecule has 1 atom stereocenters. The molecule has 1 saturated heterocycles. The second-order valence-corrected chi connectivity index (χ2v) is 6.05. The highest BCUT2D eigenvalue weighted by Gasteiger charge is 2.32. The number of aryl methyl sites for hydroxylation is 1. The van der Waals surface area contributed by atoms with Crippen molar-refractivity contribution >= 4 is 17.7 Å². The summed E-state index contributed by atoms with van der Waals surface area (Å²) in [6.07, 6.45) is 0.153. The lowest BCUT2D eigenvalue weighted by Crippen LogP contribution is -2.34. The van der Waals surface area contributed by atoms with Crippen LogP contribution in [0.2, 0.25) is 0 Å². The van der Waals surface area contributed by atoms with Crippen molar-refractivity contribution in [1.29, 1.82) is 0 Å². The van der Waals surface area contributed by atoms with Gasteiger partial charge in [0.2, 0.25) is 0 Å². The third-order valence-corrected chi connectivity index (χ3v) is 4.37. The van der Waals surface area contributed by atoms with Crippen molar-refractivity contribution in [1.82, 2.24) is 5.32 Å². The van der Waals surface area contributed by atoms with Crippen LogP contribution in [0.15, 0.2) is 48.5 Å². The molecule has 136 valence electrons. The van der Waals surface area contributed by atoms with E-state index in [4.69, 9.17) is 9.47 Å². The number of ether oxygens (including phenoxy) is 2. The van der Waals surface area contributed by atoms with Gasteiger partial charge >= 0.3 is 6.09 Å². The number of methoxy groups -OCH3 is 1. The molecule has 26 heavy (non-hydrogen) atoms. The number of nitrogens with one attached hydrogen (secondary N) is 1. The smallest absolute Gasteiger partial charge is 0.414 e. The summed E-state index contributed by atoms with van der Waals surface area (Å²) < 4.78 is 10.6.